The first kappa shape index (κ1) is 14.8. The molecule has 3 N–H and O–H groups in total. The van der Waals surface area contributed by atoms with E-state index in [-0.39, 0.29) is 11.3 Å². The van der Waals surface area contributed by atoms with Gasteiger partial charge in [0.05, 0.1) is 6.54 Å². The number of hydrogen-bond donors (Lipinski definition) is 2. The molecule has 0 spiro atoms. The molecule has 4 heteroatoms. The third-order valence-corrected chi connectivity index (χ3v) is 3.11. The van der Waals surface area contributed by atoms with Crippen molar-refractivity contribution in [2.24, 2.45) is 11.1 Å². The molecule has 18 heavy (non-hydrogen) atoms. The summed E-state index contributed by atoms with van der Waals surface area (Å²) < 4.78 is 5.39. The molecule has 0 fully saturated rings. The van der Waals surface area contributed by atoms with Gasteiger partial charge < -0.3 is 15.5 Å². The van der Waals surface area contributed by atoms with Gasteiger partial charge in [-0.05, 0) is 43.9 Å². The predicted octanol–water partition coefficient (Wildman–Crippen LogP) is 2.36. The van der Waals surface area contributed by atoms with E-state index in [4.69, 9.17) is 10.2 Å². The lowest BCUT2D eigenvalue weighted by Crippen LogP contribution is -2.25. The number of furan rings is 1. The van der Waals surface area contributed by atoms with Gasteiger partial charge >= 0.3 is 0 Å². The highest BCUT2D eigenvalue weighted by Crippen LogP contribution is 2.25. The van der Waals surface area contributed by atoms with Crippen LogP contribution in [0.4, 0.5) is 0 Å². The minimum absolute atomic E-state index is 0.0640. The van der Waals surface area contributed by atoms with Crippen LogP contribution in [0, 0.1) is 12.3 Å². The van der Waals surface area contributed by atoms with Gasteiger partial charge in [0.2, 0.25) is 5.91 Å². The maximum Gasteiger partial charge on any atom is 0.220 e. The Balaban J connectivity index is 2.26. The molecule has 1 amide bonds. The predicted molar refractivity (Wildman–Crippen MR) is 72.0 cm³/mol. The lowest BCUT2D eigenvalue weighted by atomic mass is 9.84. The van der Waals surface area contributed by atoms with Crippen LogP contribution >= 0.6 is 0 Å². The summed E-state index contributed by atoms with van der Waals surface area (Å²) in [6.07, 6.45) is 2.33. The summed E-state index contributed by atoms with van der Waals surface area (Å²) in [5.74, 6) is 1.72. The van der Waals surface area contributed by atoms with Gasteiger partial charge in [0.25, 0.3) is 0 Å². The molecule has 0 radical (unpaired) electrons. The minimum atomic E-state index is 0.0640. The minimum Gasteiger partial charge on any atom is -0.465 e. The first-order valence-corrected chi connectivity index (χ1v) is 6.45. The third-order valence-electron chi connectivity index (χ3n) is 3.11. The van der Waals surface area contributed by atoms with E-state index in [2.05, 4.69) is 19.2 Å². The number of nitrogens with two attached hydrogens (primary N) is 1. The van der Waals surface area contributed by atoms with Crippen LogP contribution in [0.5, 0.6) is 0 Å². The van der Waals surface area contributed by atoms with Crippen LogP contribution in [0.15, 0.2) is 16.5 Å². The number of carbonyl (C=O) groups is 1. The van der Waals surface area contributed by atoms with Gasteiger partial charge in [0.1, 0.15) is 11.5 Å². The van der Waals surface area contributed by atoms with E-state index >= 15 is 0 Å². The van der Waals surface area contributed by atoms with E-state index in [0.29, 0.717) is 19.5 Å². The first-order valence-electron chi connectivity index (χ1n) is 6.45. The number of nitrogens with one attached hydrogen (secondary N) is 1. The number of carbonyl (C=O) groups excluding carboxylic acids is 1. The van der Waals surface area contributed by atoms with Gasteiger partial charge in [-0.15, -0.1) is 0 Å². The van der Waals surface area contributed by atoms with Crippen LogP contribution in [0.25, 0.3) is 0 Å². The molecule has 0 aliphatic rings. The zero-order valence-electron chi connectivity index (χ0n) is 11.6. The van der Waals surface area contributed by atoms with Crippen molar-refractivity contribution >= 4 is 5.91 Å². The molecule has 1 aromatic heterocycles. The molecule has 0 unspecified atom stereocenters. The quantitative estimate of drug-likeness (QED) is 0.782. The number of hydrogen-bond acceptors (Lipinski definition) is 3. The number of rotatable bonds is 7. The standard InChI is InChI=1S/C14H24N2O2/c1-11-4-5-12(18-11)10-16-13(17)6-7-14(2,3)8-9-15/h4-5H,6-10,15H2,1-3H3,(H,16,17). The van der Waals surface area contributed by atoms with Gasteiger partial charge in [-0.25, -0.2) is 0 Å². The van der Waals surface area contributed by atoms with Gasteiger partial charge in [0, 0.05) is 6.42 Å². The Morgan fingerprint density at radius 3 is 2.67 bits per heavy atom. The molecule has 0 bridgehead atoms. The summed E-state index contributed by atoms with van der Waals surface area (Å²) in [7, 11) is 0. The van der Waals surface area contributed by atoms with Crippen LogP contribution in [-0.2, 0) is 11.3 Å². The fraction of sp³-hybridized carbons (Fsp3) is 0.643. The highest BCUT2D eigenvalue weighted by Gasteiger charge is 2.18. The van der Waals surface area contributed by atoms with Crippen molar-refractivity contribution < 1.29 is 9.21 Å². The molecule has 0 atom stereocenters. The average molecular weight is 252 g/mol. The van der Waals surface area contributed by atoms with Crippen molar-refractivity contribution in [3.8, 4) is 0 Å². The summed E-state index contributed by atoms with van der Waals surface area (Å²) in [4.78, 5) is 11.7. The molecule has 1 aromatic rings. The van der Waals surface area contributed by atoms with Crippen LogP contribution < -0.4 is 11.1 Å². The van der Waals surface area contributed by atoms with Gasteiger partial charge in [-0.1, -0.05) is 13.8 Å². The second kappa shape index (κ2) is 6.59. The summed E-state index contributed by atoms with van der Waals surface area (Å²) in [5, 5.41) is 2.86. The largest absolute Gasteiger partial charge is 0.465 e. The van der Waals surface area contributed by atoms with Crippen LogP contribution in [0.3, 0.4) is 0 Å². The molecule has 4 nitrogen and oxygen atoms in total. The molecule has 102 valence electrons. The van der Waals surface area contributed by atoms with Crippen LogP contribution in [0.2, 0.25) is 0 Å². The van der Waals surface area contributed by atoms with Crippen LogP contribution in [0.1, 0.15) is 44.6 Å². The zero-order chi connectivity index (χ0) is 13.6. The molecular weight excluding hydrogens is 228 g/mol. The monoisotopic (exact) mass is 252 g/mol. The first-order chi connectivity index (χ1) is 8.43. The number of amides is 1. The SMILES string of the molecule is Cc1ccc(CNC(=O)CCC(C)(C)CCN)o1. The van der Waals surface area contributed by atoms with E-state index < -0.39 is 0 Å². The third kappa shape index (κ3) is 5.36. The maximum atomic E-state index is 11.7. The van der Waals surface area contributed by atoms with Gasteiger partial charge in [-0.3, -0.25) is 4.79 Å². The van der Waals surface area contributed by atoms with E-state index in [0.717, 1.165) is 24.4 Å². The van der Waals surface area contributed by atoms with E-state index in [1.54, 1.807) is 0 Å². The topological polar surface area (TPSA) is 68.3 Å². The molecule has 0 aliphatic carbocycles. The molecule has 0 saturated carbocycles. The van der Waals surface area contributed by atoms with E-state index in [1.807, 2.05) is 19.1 Å². The highest BCUT2D eigenvalue weighted by molar-refractivity contribution is 5.75. The lowest BCUT2D eigenvalue weighted by Gasteiger charge is -2.23. The van der Waals surface area contributed by atoms with Crippen molar-refractivity contribution in [1.82, 2.24) is 5.32 Å². The Morgan fingerprint density at radius 2 is 2.11 bits per heavy atom. The van der Waals surface area contributed by atoms with Crippen molar-refractivity contribution in [1.29, 1.82) is 0 Å². The van der Waals surface area contributed by atoms with Gasteiger partial charge in [0.15, 0.2) is 0 Å². The highest BCUT2D eigenvalue weighted by atomic mass is 16.3. The lowest BCUT2D eigenvalue weighted by molar-refractivity contribution is -0.121. The molecule has 0 saturated heterocycles. The Labute approximate surface area is 109 Å². The second-order valence-electron chi connectivity index (χ2n) is 5.49. The Hall–Kier alpha value is -1.29. The average Bonchev–Trinajstić information content (AvgIpc) is 2.70. The Kier molecular flexibility index (Phi) is 5.41. The molecule has 1 rings (SSSR count). The van der Waals surface area contributed by atoms with Crippen molar-refractivity contribution in [3.05, 3.63) is 23.7 Å². The fourth-order valence-electron chi connectivity index (χ4n) is 1.82. The summed E-state index contributed by atoms with van der Waals surface area (Å²) >= 11 is 0. The fourth-order valence-corrected chi connectivity index (χ4v) is 1.82. The second-order valence-corrected chi connectivity index (χ2v) is 5.49. The van der Waals surface area contributed by atoms with Crippen molar-refractivity contribution in [3.63, 3.8) is 0 Å². The molecule has 1 heterocycles. The van der Waals surface area contributed by atoms with Crippen LogP contribution in [-0.4, -0.2) is 12.5 Å². The zero-order valence-corrected chi connectivity index (χ0v) is 11.6. The Morgan fingerprint density at radius 1 is 1.39 bits per heavy atom. The summed E-state index contributed by atoms with van der Waals surface area (Å²) in [5.41, 5.74) is 5.68. The Bertz CT molecular complexity index is 383. The molecule has 0 aromatic carbocycles. The van der Waals surface area contributed by atoms with E-state index in [9.17, 15) is 4.79 Å². The van der Waals surface area contributed by atoms with E-state index in [1.165, 1.54) is 0 Å². The van der Waals surface area contributed by atoms with Crippen molar-refractivity contribution in [2.45, 2.75) is 46.6 Å². The summed E-state index contributed by atoms with van der Waals surface area (Å²) in [6, 6.07) is 3.78. The van der Waals surface area contributed by atoms with Gasteiger partial charge in [-0.2, -0.15) is 0 Å². The molecular formula is C14H24N2O2. The smallest absolute Gasteiger partial charge is 0.220 e. The molecule has 0 aliphatic heterocycles. The maximum absolute atomic E-state index is 11.7. The normalized spacial score (nSPS) is 11.6. The van der Waals surface area contributed by atoms with Crippen molar-refractivity contribution in [2.75, 3.05) is 6.54 Å². The number of aryl methyl sites for hydroxylation is 1. The summed E-state index contributed by atoms with van der Waals surface area (Å²) in [6.45, 7) is 7.30.